The van der Waals surface area contributed by atoms with E-state index >= 15 is 0 Å². The van der Waals surface area contributed by atoms with Gasteiger partial charge < -0.3 is 14.8 Å². The van der Waals surface area contributed by atoms with Gasteiger partial charge in [0.1, 0.15) is 5.75 Å². The molecule has 1 N–H and O–H groups in total. The molecule has 0 aromatic heterocycles. The van der Waals surface area contributed by atoms with E-state index in [9.17, 15) is 4.79 Å². The maximum atomic E-state index is 12.8. The number of hydrogen-bond donors (Lipinski definition) is 1. The Labute approximate surface area is 176 Å². The lowest BCUT2D eigenvalue weighted by Gasteiger charge is -2.32. The zero-order chi connectivity index (χ0) is 20.8. The van der Waals surface area contributed by atoms with Crippen LogP contribution in [-0.2, 0) is 22.4 Å². The van der Waals surface area contributed by atoms with Crippen molar-refractivity contribution in [3.05, 3.63) is 28.3 Å². The average Bonchev–Trinajstić information content (AvgIpc) is 2.75. The number of benzene rings is 1. The van der Waals surface area contributed by atoms with Gasteiger partial charge in [-0.3, -0.25) is 9.69 Å². The number of amides is 1. The van der Waals surface area contributed by atoms with Gasteiger partial charge in [0.05, 0.1) is 19.8 Å². The summed E-state index contributed by atoms with van der Waals surface area (Å²) in [5, 5.41) is 3.17. The van der Waals surface area contributed by atoms with Gasteiger partial charge in [0.15, 0.2) is 0 Å². The second-order valence-electron chi connectivity index (χ2n) is 8.66. The Kier molecular flexibility index (Phi) is 7.96. The van der Waals surface area contributed by atoms with E-state index < -0.39 is 0 Å². The quantitative estimate of drug-likeness (QED) is 0.725. The fourth-order valence-corrected chi connectivity index (χ4v) is 4.65. The summed E-state index contributed by atoms with van der Waals surface area (Å²) in [6.07, 6.45) is 4.13. The fourth-order valence-electron chi connectivity index (χ4n) is 4.65. The van der Waals surface area contributed by atoms with Crippen LogP contribution in [0.15, 0.2) is 6.07 Å². The van der Waals surface area contributed by atoms with E-state index in [-0.39, 0.29) is 11.8 Å². The highest BCUT2D eigenvalue weighted by Crippen LogP contribution is 2.37. The van der Waals surface area contributed by atoms with Crippen molar-refractivity contribution in [2.45, 2.75) is 53.4 Å². The molecule has 1 aliphatic carbocycles. The first kappa shape index (κ1) is 22.1. The first-order chi connectivity index (χ1) is 14.0. The molecule has 29 heavy (non-hydrogen) atoms. The molecule has 1 fully saturated rings. The predicted molar refractivity (Wildman–Crippen MR) is 117 cm³/mol. The highest BCUT2D eigenvalue weighted by molar-refractivity contribution is 5.78. The molecule has 0 radical (unpaired) electrons. The van der Waals surface area contributed by atoms with Gasteiger partial charge >= 0.3 is 0 Å². The van der Waals surface area contributed by atoms with Crippen molar-refractivity contribution in [3.8, 4) is 5.75 Å². The zero-order valence-electron chi connectivity index (χ0n) is 18.7. The lowest BCUT2D eigenvalue weighted by atomic mass is 9.74. The molecular weight excluding hydrogens is 364 g/mol. The van der Waals surface area contributed by atoms with E-state index in [0.717, 1.165) is 77.4 Å². The molecule has 1 aromatic carbocycles. The van der Waals surface area contributed by atoms with Crippen molar-refractivity contribution in [1.29, 1.82) is 0 Å². The van der Waals surface area contributed by atoms with Gasteiger partial charge in [0.2, 0.25) is 5.91 Å². The molecule has 0 unspecified atom stereocenters. The summed E-state index contributed by atoms with van der Waals surface area (Å²) in [6.45, 7) is 14.5. The third-order valence-corrected chi connectivity index (χ3v) is 6.65. The van der Waals surface area contributed by atoms with Gasteiger partial charge in [-0.1, -0.05) is 13.8 Å². The number of carbonyl (C=O) groups excluding carboxylic acids is 1. The van der Waals surface area contributed by atoms with Crippen LogP contribution in [0.1, 0.15) is 48.9 Å². The SMILES string of the molecule is CCCOc1cc(C)c2c(c1C)C[C@H]([C@H](C)C(=O)NCCN1CCOCC1)CC2. The Bertz CT molecular complexity index is 698. The van der Waals surface area contributed by atoms with E-state index in [1.807, 2.05) is 0 Å². The number of ether oxygens (including phenoxy) is 2. The van der Waals surface area contributed by atoms with E-state index in [4.69, 9.17) is 9.47 Å². The normalized spacial score (nSPS) is 20.8. The van der Waals surface area contributed by atoms with Crippen LogP contribution in [-0.4, -0.2) is 56.8 Å². The van der Waals surface area contributed by atoms with Crippen molar-refractivity contribution in [3.63, 3.8) is 0 Å². The van der Waals surface area contributed by atoms with Gasteiger partial charge in [-0.05, 0) is 73.8 Å². The Morgan fingerprint density at radius 3 is 2.79 bits per heavy atom. The molecule has 0 spiro atoms. The molecule has 2 atom stereocenters. The molecular formula is C24H38N2O3. The Morgan fingerprint density at radius 2 is 2.07 bits per heavy atom. The maximum absolute atomic E-state index is 12.8. The summed E-state index contributed by atoms with van der Waals surface area (Å²) < 4.78 is 11.4. The largest absolute Gasteiger partial charge is 0.493 e. The van der Waals surface area contributed by atoms with Crippen LogP contribution in [0.4, 0.5) is 0 Å². The highest BCUT2D eigenvalue weighted by Gasteiger charge is 2.30. The van der Waals surface area contributed by atoms with Crippen LogP contribution in [0.2, 0.25) is 0 Å². The van der Waals surface area contributed by atoms with Crippen LogP contribution >= 0.6 is 0 Å². The van der Waals surface area contributed by atoms with Gasteiger partial charge in [0, 0.05) is 32.1 Å². The van der Waals surface area contributed by atoms with Crippen molar-refractivity contribution >= 4 is 5.91 Å². The molecule has 0 saturated carbocycles. The summed E-state index contributed by atoms with van der Waals surface area (Å²) in [7, 11) is 0. The smallest absolute Gasteiger partial charge is 0.223 e. The first-order valence-corrected chi connectivity index (χ1v) is 11.3. The standard InChI is InChI=1S/C24H38N2O3/c1-5-12-29-23-15-17(2)21-7-6-20(16-22(21)19(23)4)18(3)24(27)25-8-9-26-10-13-28-14-11-26/h15,18,20H,5-14,16H2,1-4H3,(H,25,27)/t18-,20+/m0/s1. The van der Waals surface area contributed by atoms with Crippen molar-refractivity contribution in [2.24, 2.45) is 11.8 Å². The van der Waals surface area contributed by atoms with Crippen LogP contribution in [0.25, 0.3) is 0 Å². The maximum Gasteiger partial charge on any atom is 0.223 e. The number of rotatable bonds is 8. The second kappa shape index (κ2) is 10.4. The lowest BCUT2D eigenvalue weighted by molar-refractivity contribution is -0.126. The molecule has 5 heteroatoms. The number of fused-ring (bicyclic) bond motifs is 1. The molecule has 3 rings (SSSR count). The minimum absolute atomic E-state index is 0.0350. The van der Waals surface area contributed by atoms with Gasteiger partial charge in [-0.25, -0.2) is 0 Å². The monoisotopic (exact) mass is 402 g/mol. The van der Waals surface area contributed by atoms with Crippen molar-refractivity contribution in [1.82, 2.24) is 10.2 Å². The number of nitrogens with one attached hydrogen (secondary N) is 1. The summed E-state index contributed by atoms with van der Waals surface area (Å²) in [4.78, 5) is 15.1. The molecule has 162 valence electrons. The van der Waals surface area contributed by atoms with Gasteiger partial charge in [0.25, 0.3) is 0 Å². The lowest BCUT2D eigenvalue weighted by Crippen LogP contribution is -2.43. The zero-order valence-corrected chi connectivity index (χ0v) is 18.7. The topological polar surface area (TPSA) is 50.8 Å². The molecule has 5 nitrogen and oxygen atoms in total. The minimum Gasteiger partial charge on any atom is -0.493 e. The van der Waals surface area contributed by atoms with Crippen LogP contribution < -0.4 is 10.1 Å². The number of aryl methyl sites for hydroxylation is 1. The molecule has 1 amide bonds. The third-order valence-electron chi connectivity index (χ3n) is 6.65. The van der Waals surface area contributed by atoms with Crippen molar-refractivity contribution < 1.29 is 14.3 Å². The Morgan fingerprint density at radius 1 is 1.31 bits per heavy atom. The van der Waals surface area contributed by atoms with Crippen LogP contribution in [0.5, 0.6) is 5.75 Å². The van der Waals surface area contributed by atoms with Crippen LogP contribution in [0.3, 0.4) is 0 Å². The Hall–Kier alpha value is -1.59. The summed E-state index contributed by atoms with van der Waals surface area (Å²) in [5.74, 6) is 1.64. The third kappa shape index (κ3) is 5.52. The van der Waals surface area contributed by atoms with E-state index in [1.54, 1.807) is 0 Å². The highest BCUT2D eigenvalue weighted by atomic mass is 16.5. The second-order valence-corrected chi connectivity index (χ2v) is 8.66. The number of carbonyl (C=O) groups is 1. The van der Waals surface area contributed by atoms with E-state index in [1.165, 1.54) is 22.3 Å². The Balaban J connectivity index is 1.58. The minimum atomic E-state index is 0.0350. The van der Waals surface area contributed by atoms with Gasteiger partial charge in [-0.15, -0.1) is 0 Å². The first-order valence-electron chi connectivity index (χ1n) is 11.3. The van der Waals surface area contributed by atoms with Crippen molar-refractivity contribution in [2.75, 3.05) is 46.0 Å². The molecule has 1 aliphatic heterocycles. The average molecular weight is 403 g/mol. The molecule has 1 aromatic rings. The summed E-state index contributed by atoms with van der Waals surface area (Å²) >= 11 is 0. The van der Waals surface area contributed by atoms with Gasteiger partial charge in [-0.2, -0.15) is 0 Å². The molecule has 0 bridgehead atoms. The number of morpholine rings is 1. The summed E-state index contributed by atoms with van der Waals surface area (Å²) in [6, 6.07) is 2.20. The van der Waals surface area contributed by atoms with Crippen LogP contribution in [0, 0.1) is 25.7 Å². The van der Waals surface area contributed by atoms with E-state index in [2.05, 4.69) is 44.0 Å². The molecule has 1 saturated heterocycles. The molecule has 2 aliphatic rings. The number of hydrogen-bond acceptors (Lipinski definition) is 4. The van der Waals surface area contributed by atoms with E-state index in [0.29, 0.717) is 5.92 Å². The predicted octanol–water partition coefficient (Wildman–Crippen LogP) is 3.28. The summed E-state index contributed by atoms with van der Waals surface area (Å²) in [5.41, 5.74) is 5.49. The molecule has 1 heterocycles. The number of nitrogens with zero attached hydrogens (tertiary/aromatic N) is 1. The fraction of sp³-hybridized carbons (Fsp3) is 0.708.